The third kappa shape index (κ3) is 5.51. The van der Waals surface area contributed by atoms with Gasteiger partial charge < -0.3 is 9.13 Å². The van der Waals surface area contributed by atoms with Crippen molar-refractivity contribution in [2.75, 3.05) is 0 Å². The fourth-order valence-electron chi connectivity index (χ4n) is 11.7. The Balaban J connectivity index is 0.995. The van der Waals surface area contributed by atoms with Crippen LogP contribution in [0.25, 0.3) is 99.1 Å². The van der Waals surface area contributed by atoms with Crippen molar-refractivity contribution >= 4 is 54.4 Å². The second-order valence-corrected chi connectivity index (χ2v) is 18.0. The molecule has 2 aromatic heterocycles. The summed E-state index contributed by atoms with van der Waals surface area (Å²) in [6, 6.07) is 94.5. The Labute approximate surface area is 388 Å². The lowest BCUT2D eigenvalue weighted by Gasteiger charge is -2.35. The number of fused-ring (bicyclic) bond motifs is 11. The van der Waals surface area contributed by atoms with Crippen molar-refractivity contribution in [3.63, 3.8) is 0 Å². The van der Waals surface area contributed by atoms with Crippen molar-refractivity contribution in [3.8, 4) is 44.8 Å². The Morgan fingerprint density at radius 2 is 0.657 bits per heavy atom. The molecular weight excluding hydrogens is 809 g/mol. The summed E-state index contributed by atoms with van der Waals surface area (Å²) in [6.07, 6.45) is 0. The summed E-state index contributed by atoms with van der Waals surface area (Å²) in [5.74, 6) is 0. The molecule has 0 fully saturated rings. The maximum atomic E-state index is 2.50. The minimum Gasteiger partial charge on any atom is -0.309 e. The average molecular weight is 851 g/mol. The van der Waals surface area contributed by atoms with E-state index in [1.807, 2.05) is 0 Å². The summed E-state index contributed by atoms with van der Waals surface area (Å²) in [6.45, 7) is 0. The van der Waals surface area contributed by atoms with Crippen molar-refractivity contribution in [2.45, 2.75) is 5.41 Å². The molecule has 0 aliphatic heterocycles. The number of aromatic nitrogens is 2. The summed E-state index contributed by atoms with van der Waals surface area (Å²) in [4.78, 5) is 0. The number of rotatable bonds is 6. The Bertz CT molecular complexity index is 4030. The molecule has 2 nitrogen and oxygen atoms in total. The highest BCUT2D eigenvalue weighted by molar-refractivity contribution is 6.12. The Morgan fingerprint density at radius 1 is 0.269 bits per heavy atom. The molecule has 13 aromatic rings. The number of nitrogens with zero attached hydrogens (tertiary/aromatic N) is 2. The van der Waals surface area contributed by atoms with Gasteiger partial charge in [0.1, 0.15) is 0 Å². The number of benzene rings is 11. The lowest BCUT2D eigenvalue weighted by atomic mass is 9.66. The predicted molar refractivity (Wildman–Crippen MR) is 281 cm³/mol. The fourth-order valence-corrected chi connectivity index (χ4v) is 11.7. The average Bonchev–Trinajstić information content (AvgIpc) is 4.03. The van der Waals surface area contributed by atoms with Crippen molar-refractivity contribution in [1.29, 1.82) is 0 Å². The van der Waals surface area contributed by atoms with E-state index in [0.717, 1.165) is 0 Å². The number of hydrogen-bond acceptors (Lipinski definition) is 0. The van der Waals surface area contributed by atoms with Crippen LogP contribution in [0, 0.1) is 0 Å². The predicted octanol–water partition coefficient (Wildman–Crippen LogP) is 16.7. The van der Waals surface area contributed by atoms with Gasteiger partial charge in [0, 0.05) is 32.9 Å². The maximum Gasteiger partial charge on any atom is 0.0719 e. The van der Waals surface area contributed by atoms with E-state index in [-0.39, 0.29) is 0 Å². The third-order valence-electron chi connectivity index (χ3n) is 14.6. The van der Waals surface area contributed by atoms with E-state index >= 15 is 0 Å². The van der Waals surface area contributed by atoms with Crippen LogP contribution < -0.4 is 0 Å². The van der Waals surface area contributed by atoms with Crippen LogP contribution in [-0.4, -0.2) is 9.13 Å². The summed E-state index contributed by atoms with van der Waals surface area (Å²) in [5, 5.41) is 7.50. The van der Waals surface area contributed by atoms with Crippen LogP contribution in [0.4, 0.5) is 0 Å². The van der Waals surface area contributed by atoms with Gasteiger partial charge in [0.25, 0.3) is 0 Å². The third-order valence-corrected chi connectivity index (χ3v) is 14.6. The SMILES string of the molecule is c1ccc(-n2c3ccccc3c3cc(-c4ccc5c(c4)C(c4ccccc4)(c4ccccc4)c4c-5ccc5ccc(-c6ccc7c(c6)c6ccccc6n7-c6ccccc6)cc45)ccc32)cc1. The topological polar surface area (TPSA) is 9.86 Å². The van der Waals surface area contributed by atoms with Gasteiger partial charge in [-0.05, 0) is 139 Å². The number of hydrogen-bond donors (Lipinski definition) is 0. The van der Waals surface area contributed by atoms with Gasteiger partial charge in [-0.1, -0.05) is 182 Å². The normalized spacial score (nSPS) is 12.9. The maximum absolute atomic E-state index is 2.50. The summed E-state index contributed by atoms with van der Waals surface area (Å²) in [7, 11) is 0. The lowest BCUT2D eigenvalue weighted by molar-refractivity contribution is 0.776. The van der Waals surface area contributed by atoms with Crippen LogP contribution in [-0.2, 0) is 5.41 Å². The first-order valence-electron chi connectivity index (χ1n) is 23.3. The van der Waals surface area contributed by atoms with Crippen LogP contribution in [0.5, 0.6) is 0 Å². The van der Waals surface area contributed by atoms with Crippen molar-refractivity contribution in [3.05, 3.63) is 277 Å². The van der Waals surface area contributed by atoms with E-state index in [4.69, 9.17) is 0 Å². The molecule has 0 spiro atoms. The van der Waals surface area contributed by atoms with Crippen LogP contribution in [0.3, 0.4) is 0 Å². The molecule has 0 saturated carbocycles. The standard InChI is InChI=1S/C65H42N2/c1-5-17-48(18-6-1)65(49-19-7-2-8-20-49)59-42-47(46-34-38-63-58(41-46)54-26-14-16-28-61(54)67(63)51-23-11-4-12-24-51)32-35-52(59)55-36-31-43-29-30-44(39-56(43)64(55)65)45-33-37-62-57(40-45)53-25-13-15-27-60(53)66(62)50-21-9-3-10-22-50/h1-42H. The van der Waals surface area contributed by atoms with E-state index in [2.05, 4.69) is 264 Å². The Morgan fingerprint density at radius 3 is 1.19 bits per heavy atom. The summed E-state index contributed by atoms with van der Waals surface area (Å²) in [5.41, 5.74) is 19.1. The zero-order valence-corrected chi connectivity index (χ0v) is 36.6. The van der Waals surface area contributed by atoms with Gasteiger partial charge in [0.2, 0.25) is 0 Å². The molecule has 1 aliphatic rings. The summed E-state index contributed by atoms with van der Waals surface area (Å²) < 4.78 is 4.78. The highest BCUT2D eigenvalue weighted by atomic mass is 15.0. The van der Waals surface area contributed by atoms with Gasteiger partial charge in [0.05, 0.1) is 27.5 Å². The quantitative estimate of drug-likeness (QED) is 0.158. The Hall–Kier alpha value is -8.72. The van der Waals surface area contributed by atoms with Gasteiger partial charge in [-0.3, -0.25) is 0 Å². The van der Waals surface area contributed by atoms with E-state index in [9.17, 15) is 0 Å². The van der Waals surface area contributed by atoms with Crippen LogP contribution in [0.2, 0.25) is 0 Å². The fraction of sp³-hybridized carbons (Fsp3) is 0.0154. The molecule has 312 valence electrons. The van der Waals surface area contributed by atoms with Crippen molar-refractivity contribution < 1.29 is 0 Å². The monoisotopic (exact) mass is 850 g/mol. The molecule has 0 amide bonds. The molecule has 0 saturated heterocycles. The molecule has 2 heteroatoms. The first kappa shape index (κ1) is 37.6. The van der Waals surface area contributed by atoms with E-state index in [1.54, 1.807) is 0 Å². The molecule has 0 bridgehead atoms. The van der Waals surface area contributed by atoms with E-state index in [0.29, 0.717) is 0 Å². The zero-order valence-electron chi connectivity index (χ0n) is 36.6. The lowest BCUT2D eigenvalue weighted by Crippen LogP contribution is -2.28. The molecule has 1 aliphatic carbocycles. The van der Waals surface area contributed by atoms with Crippen molar-refractivity contribution in [2.24, 2.45) is 0 Å². The molecule has 67 heavy (non-hydrogen) atoms. The van der Waals surface area contributed by atoms with Gasteiger partial charge in [0.15, 0.2) is 0 Å². The molecule has 11 aromatic carbocycles. The van der Waals surface area contributed by atoms with Crippen molar-refractivity contribution in [1.82, 2.24) is 9.13 Å². The molecule has 0 radical (unpaired) electrons. The smallest absolute Gasteiger partial charge is 0.0719 e. The Kier molecular flexibility index (Phi) is 8.23. The van der Waals surface area contributed by atoms with E-state index in [1.165, 1.54) is 121 Å². The van der Waals surface area contributed by atoms with E-state index < -0.39 is 5.41 Å². The molecular formula is C65H42N2. The second-order valence-electron chi connectivity index (χ2n) is 18.0. The van der Waals surface area contributed by atoms with Gasteiger partial charge in [-0.2, -0.15) is 0 Å². The van der Waals surface area contributed by atoms with Crippen LogP contribution in [0.15, 0.2) is 255 Å². The minimum absolute atomic E-state index is 0.595. The molecule has 0 atom stereocenters. The van der Waals surface area contributed by atoms with Crippen LogP contribution >= 0.6 is 0 Å². The highest BCUT2D eigenvalue weighted by Gasteiger charge is 2.47. The molecule has 14 rings (SSSR count). The summed E-state index contributed by atoms with van der Waals surface area (Å²) >= 11 is 0. The molecule has 2 heterocycles. The minimum atomic E-state index is -0.595. The van der Waals surface area contributed by atoms with Crippen LogP contribution in [0.1, 0.15) is 22.3 Å². The van der Waals surface area contributed by atoms with Gasteiger partial charge in [-0.15, -0.1) is 0 Å². The second kappa shape index (κ2) is 14.7. The highest BCUT2D eigenvalue weighted by Crippen LogP contribution is 2.59. The molecule has 0 N–H and O–H groups in total. The number of para-hydroxylation sites is 4. The first-order valence-corrected chi connectivity index (χ1v) is 23.3. The first-order chi connectivity index (χ1) is 33.2. The molecule has 0 unspecified atom stereocenters. The van der Waals surface area contributed by atoms with Gasteiger partial charge >= 0.3 is 0 Å². The van der Waals surface area contributed by atoms with Gasteiger partial charge in [-0.25, -0.2) is 0 Å². The largest absolute Gasteiger partial charge is 0.309 e. The zero-order chi connectivity index (χ0) is 44.1.